The van der Waals surface area contributed by atoms with Gasteiger partial charge in [-0.25, -0.2) is 0 Å². The van der Waals surface area contributed by atoms with E-state index in [1.807, 2.05) is 0 Å². The van der Waals surface area contributed by atoms with Crippen molar-refractivity contribution >= 4 is 0 Å². The summed E-state index contributed by atoms with van der Waals surface area (Å²) in [6.07, 6.45) is 1.46. The Kier molecular flexibility index (Phi) is 2.55. The highest BCUT2D eigenvalue weighted by Gasteiger charge is 2.32. The first kappa shape index (κ1) is 9.01. The normalized spacial score (nSPS) is 32.7. The van der Waals surface area contributed by atoms with E-state index in [2.05, 4.69) is 20.8 Å². The molecule has 1 fully saturated rings. The Morgan fingerprint density at radius 3 is 2.36 bits per heavy atom. The van der Waals surface area contributed by atoms with E-state index < -0.39 is 0 Å². The Morgan fingerprint density at radius 2 is 2.09 bits per heavy atom. The zero-order valence-electron chi connectivity index (χ0n) is 7.76. The van der Waals surface area contributed by atoms with Crippen LogP contribution in [0.4, 0.5) is 0 Å². The van der Waals surface area contributed by atoms with Crippen LogP contribution in [0.5, 0.6) is 0 Å². The number of nitrogens with two attached hydrogens (primary N) is 1. The molecule has 66 valence electrons. The van der Waals surface area contributed by atoms with Gasteiger partial charge in [0.05, 0.1) is 12.7 Å². The van der Waals surface area contributed by atoms with Gasteiger partial charge in [-0.1, -0.05) is 20.8 Å². The van der Waals surface area contributed by atoms with E-state index in [4.69, 9.17) is 10.5 Å². The minimum atomic E-state index is 0.319. The molecule has 0 aliphatic carbocycles. The van der Waals surface area contributed by atoms with Crippen LogP contribution in [0.2, 0.25) is 0 Å². The second kappa shape index (κ2) is 3.11. The molecule has 0 bridgehead atoms. The average molecular weight is 157 g/mol. The van der Waals surface area contributed by atoms with E-state index in [0.29, 0.717) is 24.0 Å². The fourth-order valence-electron chi connectivity index (χ4n) is 1.47. The molecule has 0 spiro atoms. The van der Waals surface area contributed by atoms with Crippen LogP contribution in [0.25, 0.3) is 0 Å². The zero-order chi connectivity index (χ0) is 8.48. The van der Waals surface area contributed by atoms with E-state index in [9.17, 15) is 0 Å². The Balaban J connectivity index is 2.42. The van der Waals surface area contributed by atoms with Gasteiger partial charge in [-0.05, 0) is 17.8 Å². The van der Waals surface area contributed by atoms with Gasteiger partial charge in [-0.3, -0.25) is 0 Å². The molecular formula is C9H19NO. The summed E-state index contributed by atoms with van der Waals surface area (Å²) in [4.78, 5) is 0. The lowest BCUT2D eigenvalue weighted by atomic mass is 9.79. The molecule has 0 unspecified atom stereocenters. The summed E-state index contributed by atoms with van der Waals surface area (Å²) in [6, 6.07) is 0. The molecule has 0 saturated carbocycles. The first-order valence-corrected chi connectivity index (χ1v) is 4.35. The zero-order valence-corrected chi connectivity index (χ0v) is 7.76. The van der Waals surface area contributed by atoms with Crippen molar-refractivity contribution in [2.24, 2.45) is 17.1 Å². The van der Waals surface area contributed by atoms with Crippen LogP contribution < -0.4 is 5.73 Å². The largest absolute Gasteiger partial charge is 0.377 e. The quantitative estimate of drug-likeness (QED) is 0.624. The molecule has 0 aromatic rings. The first-order valence-electron chi connectivity index (χ1n) is 4.35. The van der Waals surface area contributed by atoms with Gasteiger partial charge in [-0.15, -0.1) is 0 Å². The van der Waals surface area contributed by atoms with Gasteiger partial charge in [0.1, 0.15) is 0 Å². The molecule has 2 heteroatoms. The summed E-state index contributed by atoms with van der Waals surface area (Å²) in [7, 11) is 0. The molecule has 0 aromatic heterocycles. The Hall–Kier alpha value is -0.0800. The summed E-state index contributed by atoms with van der Waals surface area (Å²) in [5.41, 5.74) is 5.89. The maximum Gasteiger partial charge on any atom is 0.0701 e. The molecule has 2 atom stereocenters. The molecule has 1 aliphatic rings. The maximum absolute atomic E-state index is 5.52. The van der Waals surface area contributed by atoms with Crippen molar-refractivity contribution in [3.05, 3.63) is 0 Å². The lowest BCUT2D eigenvalue weighted by molar-refractivity contribution is 0.102. The number of hydrogen-bond donors (Lipinski definition) is 1. The summed E-state index contributed by atoms with van der Waals surface area (Å²) in [6.45, 7) is 8.36. The molecule has 0 aromatic carbocycles. The third-order valence-electron chi connectivity index (χ3n) is 2.57. The Labute approximate surface area is 69.1 Å². The van der Waals surface area contributed by atoms with Crippen molar-refractivity contribution in [3.8, 4) is 0 Å². The van der Waals surface area contributed by atoms with Crippen LogP contribution in [-0.2, 0) is 4.74 Å². The van der Waals surface area contributed by atoms with E-state index >= 15 is 0 Å². The van der Waals surface area contributed by atoms with Gasteiger partial charge in [-0.2, -0.15) is 0 Å². The van der Waals surface area contributed by atoms with Gasteiger partial charge in [0.25, 0.3) is 0 Å². The minimum absolute atomic E-state index is 0.319. The Bertz CT molecular complexity index is 128. The Morgan fingerprint density at radius 1 is 1.45 bits per heavy atom. The van der Waals surface area contributed by atoms with Crippen LogP contribution in [0, 0.1) is 11.3 Å². The van der Waals surface area contributed by atoms with E-state index in [0.717, 1.165) is 13.0 Å². The number of hydrogen-bond acceptors (Lipinski definition) is 2. The number of ether oxygens (including phenoxy) is 1. The number of rotatable bonds is 1. The van der Waals surface area contributed by atoms with Gasteiger partial charge in [0.2, 0.25) is 0 Å². The van der Waals surface area contributed by atoms with Gasteiger partial charge in [0, 0.05) is 6.54 Å². The molecule has 2 nitrogen and oxygen atoms in total. The molecule has 1 aliphatic heterocycles. The van der Waals surface area contributed by atoms with Crippen LogP contribution in [0.3, 0.4) is 0 Å². The fourth-order valence-corrected chi connectivity index (χ4v) is 1.47. The van der Waals surface area contributed by atoms with E-state index in [-0.39, 0.29) is 0 Å². The fraction of sp³-hybridized carbons (Fsp3) is 1.00. The minimum Gasteiger partial charge on any atom is -0.377 e. The third kappa shape index (κ3) is 2.17. The van der Waals surface area contributed by atoms with Crippen molar-refractivity contribution in [2.75, 3.05) is 13.2 Å². The first-order chi connectivity index (χ1) is 5.04. The monoisotopic (exact) mass is 157 g/mol. The van der Waals surface area contributed by atoms with Crippen molar-refractivity contribution in [1.29, 1.82) is 0 Å². The molecule has 1 saturated heterocycles. The van der Waals surface area contributed by atoms with Crippen molar-refractivity contribution < 1.29 is 4.74 Å². The molecule has 11 heavy (non-hydrogen) atoms. The lowest BCUT2D eigenvalue weighted by Gasteiger charge is -2.25. The van der Waals surface area contributed by atoms with Gasteiger partial charge in [0.15, 0.2) is 0 Å². The molecule has 1 rings (SSSR count). The summed E-state index contributed by atoms with van der Waals surface area (Å²) < 4.78 is 5.52. The van der Waals surface area contributed by atoms with Crippen LogP contribution in [0.15, 0.2) is 0 Å². The molecule has 2 N–H and O–H groups in total. The lowest BCUT2D eigenvalue weighted by Crippen LogP contribution is -2.22. The van der Waals surface area contributed by atoms with Gasteiger partial charge >= 0.3 is 0 Å². The molecular weight excluding hydrogens is 138 g/mol. The second-order valence-corrected chi connectivity index (χ2v) is 4.49. The van der Waals surface area contributed by atoms with E-state index in [1.54, 1.807) is 0 Å². The summed E-state index contributed by atoms with van der Waals surface area (Å²) >= 11 is 0. The molecule has 0 radical (unpaired) electrons. The average Bonchev–Trinajstić information content (AvgIpc) is 2.32. The summed E-state index contributed by atoms with van der Waals surface area (Å²) in [5, 5.41) is 0. The van der Waals surface area contributed by atoms with Crippen LogP contribution >= 0.6 is 0 Å². The topological polar surface area (TPSA) is 35.2 Å². The maximum atomic E-state index is 5.52. The third-order valence-corrected chi connectivity index (χ3v) is 2.57. The second-order valence-electron chi connectivity index (χ2n) is 4.49. The highest BCUT2D eigenvalue weighted by molar-refractivity contribution is 4.82. The predicted molar refractivity (Wildman–Crippen MR) is 46.4 cm³/mol. The highest BCUT2D eigenvalue weighted by Crippen LogP contribution is 2.34. The molecule has 1 heterocycles. The summed E-state index contributed by atoms with van der Waals surface area (Å²) in [5.74, 6) is 0.691. The van der Waals surface area contributed by atoms with Crippen LogP contribution in [-0.4, -0.2) is 19.3 Å². The highest BCUT2D eigenvalue weighted by atomic mass is 16.5. The predicted octanol–water partition coefficient (Wildman–Crippen LogP) is 1.40. The SMILES string of the molecule is CC(C)(C)[C@@H]1CO[C@H](CN)C1. The van der Waals surface area contributed by atoms with Crippen molar-refractivity contribution in [3.63, 3.8) is 0 Å². The smallest absolute Gasteiger partial charge is 0.0701 e. The standard InChI is InChI=1S/C9H19NO/c1-9(2,3)7-4-8(5-10)11-6-7/h7-8H,4-6,10H2,1-3H3/t7-,8-/m0/s1. The van der Waals surface area contributed by atoms with Crippen LogP contribution in [0.1, 0.15) is 27.2 Å². The van der Waals surface area contributed by atoms with E-state index in [1.165, 1.54) is 0 Å². The van der Waals surface area contributed by atoms with Crippen molar-refractivity contribution in [1.82, 2.24) is 0 Å². The van der Waals surface area contributed by atoms with Crippen molar-refractivity contribution in [2.45, 2.75) is 33.3 Å². The van der Waals surface area contributed by atoms with Gasteiger partial charge < -0.3 is 10.5 Å². The molecule has 0 amide bonds.